The van der Waals surface area contributed by atoms with Crippen molar-refractivity contribution in [3.63, 3.8) is 0 Å². The smallest absolute Gasteiger partial charge is 0.321 e. The van der Waals surface area contributed by atoms with E-state index in [1.807, 2.05) is 26.0 Å². The van der Waals surface area contributed by atoms with Crippen molar-refractivity contribution >= 4 is 34.6 Å². The lowest BCUT2D eigenvalue weighted by Gasteiger charge is -2.16. The van der Waals surface area contributed by atoms with Gasteiger partial charge >= 0.3 is 6.03 Å². The number of benzene rings is 1. The van der Waals surface area contributed by atoms with Gasteiger partial charge in [0, 0.05) is 12.1 Å². The zero-order valence-corrected chi connectivity index (χ0v) is 15.8. The van der Waals surface area contributed by atoms with Gasteiger partial charge in [0.25, 0.3) is 5.56 Å². The van der Waals surface area contributed by atoms with Crippen LogP contribution < -0.4 is 16.2 Å². The van der Waals surface area contributed by atoms with Crippen molar-refractivity contribution in [2.24, 2.45) is 0 Å². The zero-order chi connectivity index (χ0) is 18.8. The topological polar surface area (TPSA) is 93.1 Å². The molecule has 0 radical (unpaired) electrons. The molecule has 3 amide bonds. The summed E-state index contributed by atoms with van der Waals surface area (Å²) in [4.78, 5) is 41.4. The minimum atomic E-state index is -0.564. The molecule has 26 heavy (non-hydrogen) atoms. The lowest BCUT2D eigenvalue weighted by atomic mass is 10.2. The first-order valence-corrected chi connectivity index (χ1v) is 9.54. The van der Waals surface area contributed by atoms with E-state index in [0.717, 1.165) is 12.8 Å². The summed E-state index contributed by atoms with van der Waals surface area (Å²) in [6, 6.07) is 6.76. The Bertz CT molecular complexity index is 905. The molecule has 1 aromatic carbocycles. The van der Waals surface area contributed by atoms with Gasteiger partial charge in [-0.1, -0.05) is 23.9 Å². The van der Waals surface area contributed by atoms with Crippen molar-refractivity contribution < 1.29 is 9.59 Å². The Balaban J connectivity index is 1.83. The van der Waals surface area contributed by atoms with Crippen LogP contribution in [0.2, 0.25) is 0 Å². The maximum absolute atomic E-state index is 12.8. The predicted molar refractivity (Wildman–Crippen MR) is 101 cm³/mol. The van der Waals surface area contributed by atoms with E-state index in [1.165, 1.54) is 11.8 Å². The summed E-state index contributed by atoms with van der Waals surface area (Å²) in [5.41, 5.74) is 0.535. The number of urea groups is 1. The molecular weight excluding hydrogens is 352 g/mol. The number of fused-ring (bicyclic) bond motifs is 1. The van der Waals surface area contributed by atoms with Gasteiger partial charge in [0.2, 0.25) is 5.91 Å². The van der Waals surface area contributed by atoms with Crippen LogP contribution in [0.25, 0.3) is 10.9 Å². The number of rotatable bonds is 5. The van der Waals surface area contributed by atoms with Crippen molar-refractivity contribution in [1.29, 1.82) is 0 Å². The molecule has 1 aliphatic rings. The normalized spacial score (nSPS) is 15.1. The van der Waals surface area contributed by atoms with E-state index in [2.05, 4.69) is 15.6 Å². The Morgan fingerprint density at radius 1 is 1.23 bits per heavy atom. The van der Waals surface area contributed by atoms with Crippen molar-refractivity contribution in [1.82, 2.24) is 20.2 Å². The van der Waals surface area contributed by atoms with Crippen molar-refractivity contribution in [3.8, 4) is 0 Å². The van der Waals surface area contributed by atoms with Gasteiger partial charge in [-0.15, -0.1) is 0 Å². The Morgan fingerprint density at radius 3 is 2.58 bits per heavy atom. The molecule has 0 spiro atoms. The molecule has 1 aromatic heterocycles. The minimum absolute atomic E-state index is 0.0621. The molecule has 1 atom stereocenters. The first-order valence-electron chi connectivity index (χ1n) is 8.66. The Morgan fingerprint density at radius 2 is 1.92 bits per heavy atom. The average molecular weight is 374 g/mol. The average Bonchev–Trinajstić information content (AvgIpc) is 3.39. The van der Waals surface area contributed by atoms with Gasteiger partial charge in [-0.3, -0.25) is 19.5 Å². The van der Waals surface area contributed by atoms with Crippen LogP contribution in [0.1, 0.15) is 39.7 Å². The number of aromatic nitrogens is 2. The van der Waals surface area contributed by atoms with Gasteiger partial charge < -0.3 is 5.32 Å². The molecule has 2 N–H and O–H groups in total. The summed E-state index contributed by atoms with van der Waals surface area (Å²) in [5.74, 6) is -0.419. The van der Waals surface area contributed by atoms with E-state index in [-0.39, 0.29) is 17.6 Å². The van der Waals surface area contributed by atoms with Gasteiger partial charge in [-0.25, -0.2) is 9.78 Å². The number of amides is 3. The van der Waals surface area contributed by atoms with E-state index in [1.54, 1.807) is 23.6 Å². The summed E-state index contributed by atoms with van der Waals surface area (Å²) in [6.45, 7) is 5.33. The number of hydrogen-bond donors (Lipinski definition) is 2. The fourth-order valence-electron chi connectivity index (χ4n) is 2.59. The Hall–Kier alpha value is -2.35. The third kappa shape index (κ3) is 4.07. The second-order valence-electron chi connectivity index (χ2n) is 6.70. The zero-order valence-electron chi connectivity index (χ0n) is 15.0. The number of nitrogens with zero attached hydrogens (tertiary/aromatic N) is 2. The van der Waals surface area contributed by atoms with Gasteiger partial charge in [0.1, 0.15) is 0 Å². The maximum atomic E-state index is 12.8. The maximum Gasteiger partial charge on any atom is 0.321 e. The first-order chi connectivity index (χ1) is 12.4. The summed E-state index contributed by atoms with van der Waals surface area (Å²) < 4.78 is 1.69. The third-order valence-corrected chi connectivity index (χ3v) is 5.06. The fraction of sp³-hybridized carbons (Fsp3) is 0.444. The molecule has 2 aromatic rings. The predicted octanol–water partition coefficient (Wildman–Crippen LogP) is 2.45. The van der Waals surface area contributed by atoms with E-state index < -0.39 is 17.2 Å². The molecule has 1 saturated carbocycles. The molecule has 1 heterocycles. The monoisotopic (exact) mass is 374 g/mol. The molecule has 0 aliphatic heterocycles. The van der Waals surface area contributed by atoms with Crippen molar-refractivity contribution in [2.75, 3.05) is 0 Å². The number of carbonyl (C=O) groups is 2. The highest BCUT2D eigenvalue weighted by atomic mass is 32.2. The van der Waals surface area contributed by atoms with Crippen LogP contribution in [0.5, 0.6) is 0 Å². The van der Waals surface area contributed by atoms with Crippen molar-refractivity contribution in [2.45, 2.75) is 56.1 Å². The number of hydrogen-bond acceptors (Lipinski definition) is 5. The molecule has 8 heteroatoms. The molecule has 1 unspecified atom stereocenters. The number of carbonyl (C=O) groups excluding carboxylic acids is 2. The van der Waals surface area contributed by atoms with Crippen LogP contribution in [0.15, 0.2) is 34.2 Å². The summed E-state index contributed by atoms with van der Waals surface area (Å²) in [5, 5.41) is 5.47. The minimum Gasteiger partial charge on any atom is -0.336 e. The van der Waals surface area contributed by atoms with Crippen molar-refractivity contribution in [3.05, 3.63) is 34.6 Å². The van der Waals surface area contributed by atoms with E-state index >= 15 is 0 Å². The molecule has 138 valence electrons. The van der Waals surface area contributed by atoms with E-state index in [4.69, 9.17) is 0 Å². The molecule has 0 saturated heterocycles. The summed E-state index contributed by atoms with van der Waals surface area (Å²) in [7, 11) is 0. The molecule has 3 rings (SSSR count). The van der Waals surface area contributed by atoms with Crippen LogP contribution in [-0.4, -0.2) is 32.8 Å². The number of nitrogens with one attached hydrogen (secondary N) is 2. The van der Waals surface area contributed by atoms with Gasteiger partial charge in [0.15, 0.2) is 5.16 Å². The standard InChI is InChI=1S/C18H22N4O3S/c1-10(2)19-17(25)21-15(23)11(3)26-18-20-14-7-5-4-6-13(14)16(24)22(18)12-8-9-12/h4-7,10-12H,8-9H2,1-3H3,(H2,19,21,23,25). The molecule has 7 nitrogen and oxygen atoms in total. The van der Waals surface area contributed by atoms with Crippen LogP contribution in [0.4, 0.5) is 4.79 Å². The van der Waals surface area contributed by atoms with Crippen LogP contribution in [0, 0.1) is 0 Å². The van der Waals surface area contributed by atoms with Gasteiger partial charge in [-0.05, 0) is 45.7 Å². The van der Waals surface area contributed by atoms with Crippen LogP contribution >= 0.6 is 11.8 Å². The van der Waals surface area contributed by atoms with E-state index in [9.17, 15) is 14.4 Å². The third-order valence-electron chi connectivity index (χ3n) is 4.00. The second kappa shape index (κ2) is 7.49. The first kappa shape index (κ1) is 18.4. The Kier molecular flexibility index (Phi) is 5.31. The fourth-order valence-corrected chi connectivity index (χ4v) is 3.57. The molecule has 1 aliphatic carbocycles. The van der Waals surface area contributed by atoms with Crippen LogP contribution in [-0.2, 0) is 4.79 Å². The van der Waals surface area contributed by atoms with E-state index in [0.29, 0.717) is 16.1 Å². The lowest BCUT2D eigenvalue weighted by molar-refractivity contribution is -0.119. The number of thioether (sulfide) groups is 1. The quantitative estimate of drug-likeness (QED) is 0.619. The highest BCUT2D eigenvalue weighted by molar-refractivity contribution is 8.00. The summed E-state index contributed by atoms with van der Waals surface area (Å²) >= 11 is 1.20. The molecular formula is C18H22N4O3S. The Labute approximate surface area is 155 Å². The number of para-hydroxylation sites is 1. The SMILES string of the molecule is CC(C)NC(=O)NC(=O)C(C)Sc1nc2ccccc2c(=O)n1C1CC1. The molecule has 0 bridgehead atoms. The van der Waals surface area contributed by atoms with Crippen LogP contribution in [0.3, 0.4) is 0 Å². The van der Waals surface area contributed by atoms with Gasteiger partial charge in [0.05, 0.1) is 16.2 Å². The highest BCUT2D eigenvalue weighted by Crippen LogP contribution is 2.37. The lowest BCUT2D eigenvalue weighted by Crippen LogP contribution is -2.45. The number of imide groups is 1. The second-order valence-corrected chi connectivity index (χ2v) is 8.00. The highest BCUT2D eigenvalue weighted by Gasteiger charge is 2.30. The van der Waals surface area contributed by atoms with Gasteiger partial charge in [-0.2, -0.15) is 0 Å². The summed E-state index contributed by atoms with van der Waals surface area (Å²) in [6.07, 6.45) is 1.87. The largest absolute Gasteiger partial charge is 0.336 e. The molecule has 1 fully saturated rings.